The van der Waals surface area contributed by atoms with Crippen LogP contribution >= 0.6 is 0 Å². The van der Waals surface area contributed by atoms with Crippen LogP contribution in [0, 0.1) is 0 Å². The van der Waals surface area contributed by atoms with Crippen LogP contribution in [0.3, 0.4) is 0 Å². The van der Waals surface area contributed by atoms with Crippen molar-refractivity contribution in [3.05, 3.63) is 0 Å². The van der Waals surface area contributed by atoms with Crippen molar-refractivity contribution in [3.8, 4) is 0 Å². The molecule has 0 bridgehead atoms. The molecular formula is C16H27N3O3. The zero-order valence-corrected chi connectivity index (χ0v) is 13.6. The summed E-state index contributed by atoms with van der Waals surface area (Å²) in [5.41, 5.74) is -0.796. The van der Waals surface area contributed by atoms with Crippen molar-refractivity contribution in [2.24, 2.45) is 0 Å². The number of carbonyl (C=O) groups is 3. The van der Waals surface area contributed by atoms with Crippen LogP contribution in [0.5, 0.6) is 0 Å². The molecule has 0 aromatic carbocycles. The maximum atomic E-state index is 12.6. The third-order valence-electron chi connectivity index (χ3n) is 4.68. The van der Waals surface area contributed by atoms with Gasteiger partial charge in [-0.15, -0.1) is 0 Å². The molecule has 0 aromatic rings. The molecular weight excluding hydrogens is 282 g/mol. The van der Waals surface area contributed by atoms with Gasteiger partial charge in [-0.2, -0.15) is 0 Å². The first-order valence-corrected chi connectivity index (χ1v) is 8.28. The van der Waals surface area contributed by atoms with Gasteiger partial charge in [-0.05, 0) is 25.7 Å². The van der Waals surface area contributed by atoms with E-state index in [9.17, 15) is 14.4 Å². The van der Waals surface area contributed by atoms with Crippen LogP contribution in [0.15, 0.2) is 0 Å². The highest BCUT2D eigenvalue weighted by atomic mass is 16.2. The smallest absolute Gasteiger partial charge is 0.247 e. The Labute approximate surface area is 132 Å². The predicted molar refractivity (Wildman–Crippen MR) is 83.1 cm³/mol. The summed E-state index contributed by atoms with van der Waals surface area (Å²) >= 11 is 0. The molecule has 6 nitrogen and oxygen atoms in total. The Morgan fingerprint density at radius 1 is 1.14 bits per heavy atom. The molecule has 0 unspecified atom stereocenters. The largest absolute Gasteiger partial charge is 0.347 e. The first-order valence-electron chi connectivity index (χ1n) is 8.28. The molecule has 2 fully saturated rings. The normalized spacial score (nSPS) is 24.8. The molecule has 0 spiro atoms. The molecule has 22 heavy (non-hydrogen) atoms. The summed E-state index contributed by atoms with van der Waals surface area (Å²) in [6.45, 7) is 0. The van der Waals surface area contributed by atoms with Crippen molar-refractivity contribution in [3.63, 3.8) is 0 Å². The molecule has 2 aliphatic rings. The van der Waals surface area contributed by atoms with Crippen molar-refractivity contribution in [1.29, 1.82) is 0 Å². The quantitative estimate of drug-likeness (QED) is 0.815. The van der Waals surface area contributed by atoms with E-state index in [0.717, 1.165) is 32.1 Å². The van der Waals surface area contributed by atoms with Crippen molar-refractivity contribution < 1.29 is 14.4 Å². The van der Waals surface area contributed by atoms with E-state index in [1.807, 2.05) is 0 Å². The van der Waals surface area contributed by atoms with Gasteiger partial charge >= 0.3 is 0 Å². The fourth-order valence-electron chi connectivity index (χ4n) is 3.47. The average molecular weight is 309 g/mol. The minimum Gasteiger partial charge on any atom is -0.347 e. The number of amides is 3. The van der Waals surface area contributed by atoms with Crippen LogP contribution < -0.4 is 10.6 Å². The molecule has 1 aliphatic heterocycles. The Kier molecular flexibility index (Phi) is 5.42. The van der Waals surface area contributed by atoms with Crippen LogP contribution in [0.1, 0.15) is 57.8 Å². The summed E-state index contributed by atoms with van der Waals surface area (Å²) in [5, 5.41) is 5.76. The fraction of sp³-hybridized carbons (Fsp3) is 0.812. The van der Waals surface area contributed by atoms with E-state index in [2.05, 4.69) is 10.6 Å². The molecule has 1 saturated carbocycles. The third kappa shape index (κ3) is 3.78. The van der Waals surface area contributed by atoms with Crippen LogP contribution in [-0.2, 0) is 14.4 Å². The van der Waals surface area contributed by atoms with Gasteiger partial charge in [0.1, 0.15) is 11.6 Å². The van der Waals surface area contributed by atoms with Crippen LogP contribution in [0.4, 0.5) is 0 Å². The van der Waals surface area contributed by atoms with Gasteiger partial charge in [0.2, 0.25) is 17.7 Å². The number of nitrogens with one attached hydrogen (secondary N) is 2. The predicted octanol–water partition coefficient (Wildman–Crippen LogP) is 0.952. The van der Waals surface area contributed by atoms with Gasteiger partial charge in [0.25, 0.3) is 0 Å². The number of likely N-dealkylation sites (N-methyl/N-ethyl adjacent to an activating group) is 1. The Morgan fingerprint density at radius 3 is 2.45 bits per heavy atom. The zero-order valence-electron chi connectivity index (χ0n) is 13.6. The Morgan fingerprint density at radius 2 is 1.82 bits per heavy atom. The zero-order chi connectivity index (χ0) is 16.2. The van der Waals surface area contributed by atoms with Crippen molar-refractivity contribution in [2.75, 3.05) is 14.1 Å². The highest BCUT2D eigenvalue weighted by molar-refractivity contribution is 5.94. The first-order chi connectivity index (χ1) is 10.4. The maximum absolute atomic E-state index is 12.6. The number of hydrogen-bond donors (Lipinski definition) is 2. The molecule has 0 radical (unpaired) electrons. The lowest BCUT2D eigenvalue weighted by atomic mass is 9.80. The summed E-state index contributed by atoms with van der Waals surface area (Å²) in [4.78, 5) is 38.4. The highest BCUT2D eigenvalue weighted by Crippen LogP contribution is 2.30. The number of rotatable bonds is 3. The average Bonchev–Trinajstić information content (AvgIpc) is 2.72. The third-order valence-corrected chi connectivity index (χ3v) is 4.68. The Balaban J connectivity index is 2.10. The van der Waals surface area contributed by atoms with E-state index >= 15 is 0 Å². The second-order valence-corrected chi connectivity index (χ2v) is 6.70. The van der Waals surface area contributed by atoms with Gasteiger partial charge < -0.3 is 15.5 Å². The number of hydrogen-bond acceptors (Lipinski definition) is 3. The molecule has 6 heteroatoms. The molecule has 124 valence electrons. The lowest BCUT2D eigenvalue weighted by Gasteiger charge is -2.39. The van der Waals surface area contributed by atoms with Gasteiger partial charge in [-0.3, -0.25) is 14.4 Å². The maximum Gasteiger partial charge on any atom is 0.247 e. The van der Waals surface area contributed by atoms with Gasteiger partial charge in [-0.1, -0.05) is 25.7 Å². The highest BCUT2D eigenvalue weighted by Gasteiger charge is 2.43. The number of carbonyl (C=O) groups excluding carboxylic acids is 3. The SMILES string of the molecule is CN(C)C(=O)C1(NC(=O)[C@H]2CCCCC(=O)N2)CCCCC1. The first kappa shape index (κ1) is 16.8. The van der Waals surface area contributed by atoms with E-state index in [1.165, 1.54) is 0 Å². The molecule has 0 aromatic heterocycles. The van der Waals surface area contributed by atoms with Gasteiger partial charge in [0.15, 0.2) is 0 Å². The summed E-state index contributed by atoms with van der Waals surface area (Å²) in [6.07, 6.45) is 7.12. The van der Waals surface area contributed by atoms with E-state index < -0.39 is 11.6 Å². The molecule has 2 N–H and O–H groups in total. The van der Waals surface area contributed by atoms with Crippen molar-refractivity contribution >= 4 is 17.7 Å². The molecule has 1 atom stereocenters. The fourth-order valence-corrected chi connectivity index (χ4v) is 3.47. The Hall–Kier alpha value is -1.59. The molecule has 1 heterocycles. The lowest BCUT2D eigenvalue weighted by Crippen LogP contribution is -2.62. The minimum atomic E-state index is -0.796. The molecule has 1 aliphatic carbocycles. The monoisotopic (exact) mass is 309 g/mol. The van der Waals surface area contributed by atoms with Crippen LogP contribution in [-0.4, -0.2) is 48.3 Å². The molecule has 2 rings (SSSR count). The molecule has 1 saturated heterocycles. The van der Waals surface area contributed by atoms with E-state index in [4.69, 9.17) is 0 Å². The van der Waals surface area contributed by atoms with Gasteiger partial charge in [0, 0.05) is 20.5 Å². The van der Waals surface area contributed by atoms with Gasteiger partial charge in [-0.25, -0.2) is 0 Å². The summed E-state index contributed by atoms with van der Waals surface area (Å²) in [7, 11) is 3.44. The van der Waals surface area contributed by atoms with Gasteiger partial charge in [0.05, 0.1) is 0 Å². The van der Waals surface area contributed by atoms with E-state index in [1.54, 1.807) is 19.0 Å². The molecule has 3 amide bonds. The summed E-state index contributed by atoms with van der Waals surface area (Å²) in [5.74, 6) is -0.331. The van der Waals surface area contributed by atoms with Crippen LogP contribution in [0.2, 0.25) is 0 Å². The topological polar surface area (TPSA) is 78.5 Å². The van der Waals surface area contributed by atoms with E-state index in [-0.39, 0.29) is 17.7 Å². The van der Waals surface area contributed by atoms with E-state index in [0.29, 0.717) is 25.7 Å². The second-order valence-electron chi connectivity index (χ2n) is 6.70. The van der Waals surface area contributed by atoms with Crippen molar-refractivity contribution in [2.45, 2.75) is 69.4 Å². The minimum absolute atomic E-state index is 0.0412. The Bertz CT molecular complexity index is 442. The standard InChI is InChI=1S/C16H27N3O3/c1-19(2)15(22)16(10-6-3-7-11-16)18-14(21)12-8-4-5-9-13(20)17-12/h12H,3-11H2,1-2H3,(H,17,20)(H,18,21)/t12-/m1/s1. The second kappa shape index (κ2) is 7.11. The van der Waals surface area contributed by atoms with Crippen LogP contribution in [0.25, 0.3) is 0 Å². The number of nitrogens with zero attached hydrogens (tertiary/aromatic N) is 1. The lowest BCUT2D eigenvalue weighted by molar-refractivity contribution is -0.142. The summed E-state index contributed by atoms with van der Waals surface area (Å²) < 4.78 is 0. The van der Waals surface area contributed by atoms with Crippen molar-refractivity contribution in [1.82, 2.24) is 15.5 Å². The summed E-state index contributed by atoms with van der Waals surface area (Å²) in [6, 6.07) is -0.510.